The molecule has 6 nitrogen and oxygen atoms in total. The molecule has 2 aromatic carbocycles. The Hall–Kier alpha value is -2.57. The fraction of sp³-hybridized carbons (Fsp3) is 0.300. The normalized spacial score (nSPS) is 19.7. The minimum atomic E-state index is -0.838. The molecule has 2 amide bonds. The van der Waals surface area contributed by atoms with Gasteiger partial charge in [0.1, 0.15) is 12.4 Å². The first kappa shape index (κ1) is 19.2. The predicted octanol–water partition coefficient (Wildman–Crippen LogP) is 3.19. The molecule has 1 N–H and O–H groups in total. The number of amides is 2. The van der Waals surface area contributed by atoms with E-state index in [9.17, 15) is 9.59 Å². The lowest BCUT2D eigenvalue weighted by atomic mass is 9.97. The molecule has 0 radical (unpaired) electrons. The van der Waals surface area contributed by atoms with Crippen molar-refractivity contribution in [3.8, 4) is 5.75 Å². The molecule has 1 aliphatic heterocycles. The second kappa shape index (κ2) is 7.98. The summed E-state index contributed by atoms with van der Waals surface area (Å²) in [6, 6.07) is 11.9. The number of carbonyl (C=O) groups excluding carboxylic acids is 2. The van der Waals surface area contributed by atoms with Crippen molar-refractivity contribution >= 4 is 29.1 Å². The minimum Gasteiger partial charge on any atom is -0.497 e. The second-order valence-corrected chi connectivity index (χ2v) is 6.84. The second-order valence-electron chi connectivity index (χ2n) is 6.40. The number of morpholine rings is 1. The van der Waals surface area contributed by atoms with Crippen LogP contribution in [0.2, 0.25) is 5.02 Å². The van der Waals surface area contributed by atoms with Crippen molar-refractivity contribution in [1.29, 1.82) is 0 Å². The van der Waals surface area contributed by atoms with E-state index in [0.717, 1.165) is 11.1 Å². The number of hydrogen-bond acceptors (Lipinski definition) is 4. The molecule has 3 rings (SSSR count). The van der Waals surface area contributed by atoms with Crippen LogP contribution in [-0.4, -0.2) is 43.6 Å². The van der Waals surface area contributed by atoms with E-state index in [-0.39, 0.29) is 18.4 Å². The Kier molecular flexibility index (Phi) is 5.68. The monoisotopic (exact) mass is 388 g/mol. The van der Waals surface area contributed by atoms with Crippen LogP contribution in [0.3, 0.4) is 0 Å². The van der Waals surface area contributed by atoms with Gasteiger partial charge in [0, 0.05) is 17.8 Å². The number of carbonyl (C=O) groups is 2. The summed E-state index contributed by atoms with van der Waals surface area (Å²) in [5.41, 5.74) is 2.31. The van der Waals surface area contributed by atoms with E-state index in [0.29, 0.717) is 16.5 Å². The van der Waals surface area contributed by atoms with Crippen LogP contribution in [-0.2, 0) is 14.3 Å². The molecule has 0 spiro atoms. The Bertz CT molecular complexity index is 854. The molecule has 1 fully saturated rings. The Labute approximate surface area is 163 Å². The van der Waals surface area contributed by atoms with Crippen LogP contribution in [0.4, 0.5) is 5.69 Å². The van der Waals surface area contributed by atoms with E-state index in [1.165, 1.54) is 4.90 Å². The molecule has 2 aromatic rings. The van der Waals surface area contributed by atoms with Gasteiger partial charge in [0.15, 0.2) is 6.10 Å². The van der Waals surface area contributed by atoms with E-state index < -0.39 is 12.1 Å². The molecular formula is C20H21ClN2O4. The van der Waals surface area contributed by atoms with Crippen LogP contribution >= 0.6 is 11.6 Å². The molecule has 0 aliphatic carbocycles. The highest BCUT2D eigenvalue weighted by molar-refractivity contribution is 6.30. The van der Waals surface area contributed by atoms with Crippen LogP contribution < -0.4 is 10.1 Å². The predicted molar refractivity (Wildman–Crippen MR) is 103 cm³/mol. The van der Waals surface area contributed by atoms with E-state index >= 15 is 0 Å². The van der Waals surface area contributed by atoms with Crippen molar-refractivity contribution in [3.05, 3.63) is 58.6 Å². The number of methoxy groups -OCH3 is 1. The topological polar surface area (TPSA) is 67.9 Å². The van der Waals surface area contributed by atoms with E-state index in [1.54, 1.807) is 50.6 Å². The van der Waals surface area contributed by atoms with Crippen molar-refractivity contribution < 1.29 is 19.1 Å². The van der Waals surface area contributed by atoms with E-state index in [2.05, 4.69) is 5.32 Å². The summed E-state index contributed by atoms with van der Waals surface area (Å²) >= 11 is 5.96. The lowest BCUT2D eigenvalue weighted by Gasteiger charge is -2.38. The number of aryl methyl sites for hydroxylation is 1. The molecule has 0 aromatic heterocycles. The molecule has 1 aliphatic rings. The van der Waals surface area contributed by atoms with E-state index in [4.69, 9.17) is 21.1 Å². The van der Waals surface area contributed by atoms with Gasteiger partial charge < -0.3 is 19.7 Å². The summed E-state index contributed by atoms with van der Waals surface area (Å²) in [7, 11) is 3.26. The van der Waals surface area contributed by atoms with Crippen molar-refractivity contribution in [3.63, 3.8) is 0 Å². The number of anilines is 1. The molecule has 7 heteroatoms. The first-order valence-corrected chi connectivity index (χ1v) is 8.86. The highest BCUT2D eigenvalue weighted by atomic mass is 35.5. The molecule has 0 saturated carbocycles. The number of nitrogens with one attached hydrogen (secondary N) is 1. The maximum absolute atomic E-state index is 12.9. The summed E-state index contributed by atoms with van der Waals surface area (Å²) in [5.74, 6) is 0.214. The Morgan fingerprint density at radius 2 is 1.96 bits per heavy atom. The van der Waals surface area contributed by atoms with Crippen LogP contribution in [0.25, 0.3) is 0 Å². The molecular weight excluding hydrogens is 368 g/mol. The van der Waals surface area contributed by atoms with Gasteiger partial charge in [0.05, 0.1) is 13.2 Å². The quantitative estimate of drug-likeness (QED) is 0.873. The molecule has 1 heterocycles. The van der Waals surface area contributed by atoms with Gasteiger partial charge in [-0.25, -0.2) is 0 Å². The van der Waals surface area contributed by atoms with E-state index in [1.807, 2.05) is 13.0 Å². The van der Waals surface area contributed by atoms with Crippen LogP contribution in [0, 0.1) is 6.92 Å². The van der Waals surface area contributed by atoms with Gasteiger partial charge >= 0.3 is 0 Å². The van der Waals surface area contributed by atoms with Gasteiger partial charge in [0.2, 0.25) is 5.91 Å². The van der Waals surface area contributed by atoms with Crippen LogP contribution in [0.1, 0.15) is 17.2 Å². The smallest absolute Gasteiger partial charge is 0.256 e. The third kappa shape index (κ3) is 4.07. The van der Waals surface area contributed by atoms with Crippen molar-refractivity contribution in [2.24, 2.45) is 0 Å². The molecule has 0 unspecified atom stereocenters. The maximum Gasteiger partial charge on any atom is 0.256 e. The van der Waals surface area contributed by atoms with Crippen molar-refractivity contribution in [1.82, 2.24) is 4.90 Å². The Morgan fingerprint density at radius 3 is 2.59 bits per heavy atom. The summed E-state index contributed by atoms with van der Waals surface area (Å²) in [6.07, 6.45) is -0.838. The van der Waals surface area contributed by atoms with Gasteiger partial charge in [-0.2, -0.15) is 0 Å². The molecule has 1 saturated heterocycles. The summed E-state index contributed by atoms with van der Waals surface area (Å²) in [6.45, 7) is 1.74. The summed E-state index contributed by atoms with van der Waals surface area (Å²) in [4.78, 5) is 26.6. The first-order valence-electron chi connectivity index (χ1n) is 8.49. The van der Waals surface area contributed by atoms with Gasteiger partial charge in [-0.05, 0) is 48.4 Å². The summed E-state index contributed by atoms with van der Waals surface area (Å²) < 4.78 is 10.8. The summed E-state index contributed by atoms with van der Waals surface area (Å²) in [5, 5.41) is 3.48. The Morgan fingerprint density at radius 1 is 1.26 bits per heavy atom. The highest BCUT2D eigenvalue weighted by Gasteiger charge is 2.40. The van der Waals surface area contributed by atoms with Gasteiger partial charge in [-0.1, -0.05) is 23.7 Å². The highest BCUT2D eigenvalue weighted by Crippen LogP contribution is 2.31. The van der Waals surface area contributed by atoms with Crippen LogP contribution in [0.15, 0.2) is 42.5 Å². The van der Waals surface area contributed by atoms with Crippen LogP contribution in [0.5, 0.6) is 5.75 Å². The van der Waals surface area contributed by atoms with Gasteiger partial charge in [-0.15, -0.1) is 0 Å². The lowest BCUT2D eigenvalue weighted by Crippen LogP contribution is -2.51. The zero-order valence-corrected chi connectivity index (χ0v) is 16.1. The number of hydrogen-bond donors (Lipinski definition) is 1. The zero-order valence-electron chi connectivity index (χ0n) is 15.4. The van der Waals surface area contributed by atoms with Crippen molar-refractivity contribution in [2.75, 3.05) is 26.1 Å². The zero-order chi connectivity index (χ0) is 19.6. The number of halogens is 1. The largest absolute Gasteiger partial charge is 0.497 e. The number of ether oxygens (including phenoxy) is 2. The first-order chi connectivity index (χ1) is 12.9. The Balaban J connectivity index is 1.86. The fourth-order valence-electron chi connectivity index (χ4n) is 3.10. The average molecular weight is 389 g/mol. The number of rotatable bonds is 4. The van der Waals surface area contributed by atoms with Gasteiger partial charge in [-0.3, -0.25) is 9.59 Å². The van der Waals surface area contributed by atoms with Crippen molar-refractivity contribution in [2.45, 2.75) is 19.1 Å². The number of nitrogens with zero attached hydrogens (tertiary/aromatic N) is 1. The fourth-order valence-corrected chi connectivity index (χ4v) is 3.22. The third-order valence-corrected chi connectivity index (χ3v) is 4.90. The molecule has 142 valence electrons. The maximum atomic E-state index is 12.9. The standard InChI is InChI=1S/C20H21ClN2O4/c1-12-10-15(26-3)8-9-16(12)22-20(25)19-18(23(2)17(24)11-27-19)13-4-6-14(21)7-5-13/h4-10,18-19H,11H2,1-3H3,(H,22,25)/t18-,19-/m0/s1. The average Bonchev–Trinajstić information content (AvgIpc) is 2.66. The number of likely N-dealkylation sites (N-methyl/N-ethyl adjacent to an activating group) is 1. The molecule has 2 atom stereocenters. The third-order valence-electron chi connectivity index (χ3n) is 4.65. The molecule has 27 heavy (non-hydrogen) atoms. The van der Waals surface area contributed by atoms with Gasteiger partial charge in [0.25, 0.3) is 5.91 Å². The molecule has 0 bridgehead atoms. The SMILES string of the molecule is COc1ccc(NC(=O)[C@H]2OCC(=O)N(C)[C@H]2c2ccc(Cl)cc2)c(C)c1. The number of benzene rings is 2. The minimum absolute atomic E-state index is 0.139. The lowest BCUT2D eigenvalue weighted by molar-refractivity contribution is -0.160.